The van der Waals surface area contributed by atoms with Crippen LogP contribution in [-0.4, -0.2) is 36.1 Å². The monoisotopic (exact) mass is 343 g/mol. The maximum absolute atomic E-state index is 6.68. The topological polar surface area (TPSA) is 28.2 Å². The van der Waals surface area contributed by atoms with Crippen LogP contribution in [0.1, 0.15) is 43.7 Å². The lowest BCUT2D eigenvalue weighted by Crippen LogP contribution is -2.47. The van der Waals surface area contributed by atoms with E-state index in [1.165, 1.54) is 43.1 Å². The molecule has 2 heterocycles. The number of fused-ring (bicyclic) bond motifs is 1. The standard InChI is InChI=1S/C20H26ClN3/c21-20-17(14-16-8-4-5-9-18(16)23-20)19(15-6-2-1-3-7-15)24-12-10-22-11-13-24/h4-5,8-9,14-15,19,22H,1-3,6-7,10-13H2/t19-/m0/s1. The summed E-state index contributed by atoms with van der Waals surface area (Å²) >= 11 is 6.68. The smallest absolute Gasteiger partial charge is 0.134 e. The number of halogens is 1. The molecule has 3 nitrogen and oxygen atoms in total. The molecule has 1 N–H and O–H groups in total. The van der Waals surface area contributed by atoms with Gasteiger partial charge in [-0.1, -0.05) is 49.1 Å². The molecule has 0 unspecified atom stereocenters. The molecular weight excluding hydrogens is 318 g/mol. The van der Waals surface area contributed by atoms with E-state index in [0.29, 0.717) is 17.1 Å². The third-order valence-corrected chi connectivity index (χ3v) is 5.97. The zero-order valence-corrected chi connectivity index (χ0v) is 14.9. The Labute approximate surface area is 149 Å². The second-order valence-electron chi connectivity index (χ2n) is 7.19. The summed E-state index contributed by atoms with van der Waals surface area (Å²) in [6.45, 7) is 4.35. The Morgan fingerprint density at radius 3 is 2.62 bits per heavy atom. The van der Waals surface area contributed by atoms with Gasteiger partial charge in [0.2, 0.25) is 0 Å². The third-order valence-electron chi connectivity index (χ3n) is 5.66. The van der Waals surface area contributed by atoms with Crippen LogP contribution in [0.25, 0.3) is 10.9 Å². The number of nitrogens with one attached hydrogen (secondary N) is 1. The van der Waals surface area contributed by atoms with Gasteiger partial charge in [0.25, 0.3) is 0 Å². The first-order valence-corrected chi connectivity index (χ1v) is 9.71. The Hall–Kier alpha value is -1.16. The van der Waals surface area contributed by atoms with Crippen LogP contribution < -0.4 is 5.32 Å². The third kappa shape index (κ3) is 3.30. The lowest BCUT2D eigenvalue weighted by molar-refractivity contribution is 0.103. The predicted molar refractivity (Wildman–Crippen MR) is 101 cm³/mol. The zero-order chi connectivity index (χ0) is 16.4. The quantitative estimate of drug-likeness (QED) is 0.836. The van der Waals surface area contributed by atoms with Crippen LogP contribution in [0.4, 0.5) is 0 Å². The Morgan fingerprint density at radius 1 is 1.08 bits per heavy atom. The number of rotatable bonds is 3. The Bertz CT molecular complexity index is 672. The van der Waals surface area contributed by atoms with Crippen molar-refractivity contribution in [1.29, 1.82) is 0 Å². The first kappa shape index (κ1) is 16.3. The summed E-state index contributed by atoms with van der Waals surface area (Å²) in [5, 5.41) is 5.38. The highest BCUT2D eigenvalue weighted by atomic mass is 35.5. The molecule has 0 radical (unpaired) electrons. The van der Waals surface area contributed by atoms with Crippen LogP contribution >= 0.6 is 11.6 Å². The molecule has 0 amide bonds. The summed E-state index contributed by atoms with van der Waals surface area (Å²) in [5.41, 5.74) is 2.23. The molecule has 1 saturated heterocycles. The summed E-state index contributed by atoms with van der Waals surface area (Å²) < 4.78 is 0. The maximum Gasteiger partial charge on any atom is 0.134 e. The van der Waals surface area contributed by atoms with Crippen LogP contribution in [0.15, 0.2) is 30.3 Å². The number of hydrogen-bond acceptors (Lipinski definition) is 3. The number of piperazine rings is 1. The highest BCUT2D eigenvalue weighted by Crippen LogP contribution is 2.41. The van der Waals surface area contributed by atoms with Crippen molar-refractivity contribution < 1.29 is 0 Å². The number of pyridine rings is 1. The van der Waals surface area contributed by atoms with Crippen LogP contribution in [0.3, 0.4) is 0 Å². The zero-order valence-electron chi connectivity index (χ0n) is 14.2. The molecule has 1 aliphatic carbocycles. The summed E-state index contributed by atoms with van der Waals surface area (Å²) in [7, 11) is 0. The van der Waals surface area contributed by atoms with E-state index in [9.17, 15) is 0 Å². The van der Waals surface area contributed by atoms with Crippen molar-refractivity contribution in [2.24, 2.45) is 5.92 Å². The molecule has 2 aliphatic rings. The van der Waals surface area contributed by atoms with Gasteiger partial charge in [-0.3, -0.25) is 4.90 Å². The molecule has 1 saturated carbocycles. The van der Waals surface area contributed by atoms with Gasteiger partial charge in [-0.25, -0.2) is 4.98 Å². The average molecular weight is 344 g/mol. The van der Waals surface area contributed by atoms with E-state index in [1.54, 1.807) is 0 Å². The van der Waals surface area contributed by atoms with Gasteiger partial charge < -0.3 is 5.32 Å². The number of para-hydroxylation sites is 1. The lowest BCUT2D eigenvalue weighted by Gasteiger charge is -2.41. The van der Waals surface area contributed by atoms with Gasteiger partial charge in [-0.05, 0) is 30.9 Å². The summed E-state index contributed by atoms with van der Waals surface area (Å²) in [6, 6.07) is 11.0. The van der Waals surface area contributed by atoms with Crippen LogP contribution in [-0.2, 0) is 0 Å². The predicted octanol–water partition coefficient (Wildman–Crippen LogP) is 4.41. The first-order chi connectivity index (χ1) is 11.8. The molecule has 24 heavy (non-hydrogen) atoms. The second kappa shape index (κ2) is 7.38. The molecule has 1 aromatic heterocycles. The van der Waals surface area contributed by atoms with Crippen LogP contribution in [0.5, 0.6) is 0 Å². The fourth-order valence-corrected chi connectivity index (χ4v) is 4.73. The van der Waals surface area contributed by atoms with Gasteiger partial charge in [0.1, 0.15) is 5.15 Å². The molecule has 128 valence electrons. The Kier molecular flexibility index (Phi) is 5.02. The normalized spacial score (nSPS) is 21.9. The SMILES string of the molecule is Clc1nc2ccccc2cc1[C@H](C1CCCCC1)N1CCNCC1. The van der Waals surface area contributed by atoms with E-state index in [-0.39, 0.29) is 0 Å². The van der Waals surface area contributed by atoms with Crippen molar-refractivity contribution >= 4 is 22.5 Å². The van der Waals surface area contributed by atoms with Crippen molar-refractivity contribution in [1.82, 2.24) is 15.2 Å². The van der Waals surface area contributed by atoms with Gasteiger partial charge >= 0.3 is 0 Å². The van der Waals surface area contributed by atoms with Gasteiger partial charge in [-0.15, -0.1) is 0 Å². The first-order valence-electron chi connectivity index (χ1n) is 9.33. The van der Waals surface area contributed by atoms with Gasteiger partial charge in [0.15, 0.2) is 0 Å². The fourth-order valence-electron chi connectivity index (χ4n) is 4.48. The van der Waals surface area contributed by atoms with Crippen molar-refractivity contribution in [2.45, 2.75) is 38.1 Å². The largest absolute Gasteiger partial charge is 0.314 e. The van der Waals surface area contributed by atoms with E-state index >= 15 is 0 Å². The number of aromatic nitrogens is 1. The van der Waals surface area contributed by atoms with Gasteiger partial charge in [0.05, 0.1) is 5.52 Å². The maximum atomic E-state index is 6.68. The molecule has 4 rings (SSSR count). The molecule has 4 heteroatoms. The minimum absolute atomic E-state index is 0.414. The number of nitrogens with zero attached hydrogens (tertiary/aromatic N) is 2. The van der Waals surface area contributed by atoms with Crippen molar-refractivity contribution in [3.63, 3.8) is 0 Å². The van der Waals surface area contributed by atoms with E-state index < -0.39 is 0 Å². The van der Waals surface area contributed by atoms with E-state index in [4.69, 9.17) is 16.6 Å². The minimum atomic E-state index is 0.414. The highest BCUT2D eigenvalue weighted by molar-refractivity contribution is 6.30. The van der Waals surface area contributed by atoms with Crippen molar-refractivity contribution in [2.75, 3.05) is 26.2 Å². The molecule has 2 fully saturated rings. The summed E-state index contributed by atoms with van der Waals surface area (Å²) in [6.07, 6.45) is 6.72. The van der Waals surface area contributed by atoms with E-state index in [2.05, 4.69) is 28.4 Å². The number of benzene rings is 1. The lowest BCUT2D eigenvalue weighted by atomic mass is 9.80. The molecule has 1 aromatic carbocycles. The average Bonchev–Trinajstić information content (AvgIpc) is 2.64. The van der Waals surface area contributed by atoms with Gasteiger partial charge in [0, 0.05) is 43.2 Å². The molecule has 1 aliphatic heterocycles. The van der Waals surface area contributed by atoms with Gasteiger partial charge in [-0.2, -0.15) is 0 Å². The van der Waals surface area contributed by atoms with E-state index in [0.717, 1.165) is 31.7 Å². The Morgan fingerprint density at radius 2 is 1.83 bits per heavy atom. The highest BCUT2D eigenvalue weighted by Gasteiger charge is 2.32. The second-order valence-corrected chi connectivity index (χ2v) is 7.55. The fraction of sp³-hybridized carbons (Fsp3) is 0.550. The van der Waals surface area contributed by atoms with E-state index in [1.807, 2.05) is 12.1 Å². The minimum Gasteiger partial charge on any atom is -0.314 e. The molecular formula is C20H26ClN3. The number of hydrogen-bond donors (Lipinski definition) is 1. The van der Waals surface area contributed by atoms with Crippen LogP contribution in [0, 0.1) is 5.92 Å². The Balaban J connectivity index is 1.75. The summed E-state index contributed by atoms with van der Waals surface area (Å²) in [5.74, 6) is 0.706. The molecule has 0 spiro atoms. The van der Waals surface area contributed by atoms with Crippen LogP contribution in [0.2, 0.25) is 5.15 Å². The summed E-state index contributed by atoms with van der Waals surface area (Å²) in [4.78, 5) is 7.35. The molecule has 2 aromatic rings. The molecule has 0 bridgehead atoms. The van der Waals surface area contributed by atoms with Crippen molar-refractivity contribution in [3.05, 3.63) is 41.0 Å². The van der Waals surface area contributed by atoms with Crippen molar-refractivity contribution in [3.8, 4) is 0 Å². The molecule has 1 atom stereocenters.